The van der Waals surface area contributed by atoms with Crippen molar-refractivity contribution in [3.8, 4) is 0 Å². The molecule has 0 amide bonds. The zero-order chi connectivity index (χ0) is 16.4. The Morgan fingerprint density at radius 2 is 1.61 bits per heavy atom. The summed E-state index contributed by atoms with van der Waals surface area (Å²) in [7, 11) is 0. The first-order valence-corrected chi connectivity index (χ1v) is 8.06. The predicted octanol–water partition coefficient (Wildman–Crippen LogP) is 3.71. The second-order valence-corrected chi connectivity index (χ2v) is 6.27. The molecule has 3 rings (SSSR count). The minimum atomic E-state index is -0.854. The summed E-state index contributed by atoms with van der Waals surface area (Å²) >= 11 is 0. The summed E-state index contributed by atoms with van der Waals surface area (Å²) in [5.74, 6) is 0.392. The Morgan fingerprint density at radius 3 is 2.26 bits per heavy atom. The number of para-hydroxylation sites is 1. The number of aliphatic hydroxyl groups excluding tert-OH is 2. The molecule has 0 spiro atoms. The summed E-state index contributed by atoms with van der Waals surface area (Å²) < 4.78 is 2.10. The maximum absolute atomic E-state index is 10.5. The molecule has 0 aliphatic carbocycles. The number of rotatable bonds is 5. The highest BCUT2D eigenvalue weighted by molar-refractivity contribution is 5.84. The van der Waals surface area contributed by atoms with E-state index in [2.05, 4.69) is 36.7 Å². The second-order valence-electron chi connectivity index (χ2n) is 6.27. The molecule has 0 fully saturated rings. The van der Waals surface area contributed by atoms with E-state index in [9.17, 15) is 10.2 Å². The molecular formula is C20H23NO2. The Labute approximate surface area is 136 Å². The number of benzene rings is 2. The molecule has 23 heavy (non-hydrogen) atoms. The van der Waals surface area contributed by atoms with Crippen molar-refractivity contribution < 1.29 is 10.2 Å². The van der Waals surface area contributed by atoms with Crippen LogP contribution in [0.5, 0.6) is 0 Å². The molecular weight excluding hydrogens is 286 g/mol. The fourth-order valence-electron chi connectivity index (χ4n) is 3.24. The molecule has 0 saturated heterocycles. The highest BCUT2D eigenvalue weighted by atomic mass is 16.3. The summed E-state index contributed by atoms with van der Waals surface area (Å²) in [6.07, 6.45) is 1.26. The Balaban J connectivity index is 2.23. The number of hydrogen-bond donors (Lipinski definition) is 2. The van der Waals surface area contributed by atoms with Crippen molar-refractivity contribution in [3.63, 3.8) is 0 Å². The molecule has 120 valence electrons. The molecule has 3 heteroatoms. The van der Waals surface area contributed by atoms with Crippen LogP contribution in [0.1, 0.15) is 36.9 Å². The van der Waals surface area contributed by atoms with E-state index in [1.165, 1.54) is 10.9 Å². The van der Waals surface area contributed by atoms with Gasteiger partial charge in [0, 0.05) is 17.1 Å². The van der Waals surface area contributed by atoms with E-state index in [1.54, 1.807) is 0 Å². The number of nitrogens with zero attached hydrogens (tertiary/aromatic N) is 1. The van der Waals surface area contributed by atoms with Gasteiger partial charge in [-0.25, -0.2) is 0 Å². The van der Waals surface area contributed by atoms with Crippen molar-refractivity contribution in [3.05, 3.63) is 71.9 Å². The van der Waals surface area contributed by atoms with Crippen LogP contribution in [0, 0.1) is 0 Å². The molecule has 0 bridgehead atoms. The van der Waals surface area contributed by atoms with E-state index in [0.717, 1.165) is 11.1 Å². The van der Waals surface area contributed by atoms with Crippen molar-refractivity contribution in [2.75, 3.05) is 6.61 Å². The van der Waals surface area contributed by atoms with E-state index in [-0.39, 0.29) is 12.6 Å². The van der Waals surface area contributed by atoms with Crippen LogP contribution in [-0.4, -0.2) is 27.5 Å². The normalized spacial score (nSPS) is 14.3. The Bertz CT molecular complexity index is 777. The highest BCUT2D eigenvalue weighted by Gasteiger charge is 2.25. The van der Waals surface area contributed by atoms with Crippen molar-refractivity contribution >= 4 is 10.9 Å². The van der Waals surface area contributed by atoms with Gasteiger partial charge in [0.1, 0.15) is 6.10 Å². The van der Waals surface area contributed by atoms with Gasteiger partial charge in [-0.05, 0) is 23.1 Å². The number of fused-ring (bicyclic) bond motifs is 1. The lowest BCUT2D eigenvalue weighted by molar-refractivity contribution is 0.0653. The van der Waals surface area contributed by atoms with Crippen molar-refractivity contribution in [1.29, 1.82) is 0 Å². The van der Waals surface area contributed by atoms with Crippen LogP contribution < -0.4 is 0 Å². The molecule has 3 nitrogen and oxygen atoms in total. The van der Waals surface area contributed by atoms with E-state index >= 15 is 0 Å². The minimum absolute atomic E-state index is 0.275. The van der Waals surface area contributed by atoms with Gasteiger partial charge >= 0.3 is 0 Å². The summed E-state index contributed by atoms with van der Waals surface area (Å²) in [5, 5.41) is 21.2. The SMILES string of the molecule is CC(C)c1cn([C@@H](c2ccccc2)[C@H](O)CO)c2ccccc12. The molecule has 1 aromatic heterocycles. The molecule has 0 saturated carbocycles. The Morgan fingerprint density at radius 1 is 0.957 bits per heavy atom. The fourth-order valence-corrected chi connectivity index (χ4v) is 3.24. The van der Waals surface area contributed by atoms with Gasteiger partial charge < -0.3 is 14.8 Å². The van der Waals surface area contributed by atoms with Gasteiger partial charge in [0.25, 0.3) is 0 Å². The smallest absolute Gasteiger partial charge is 0.102 e. The lowest BCUT2D eigenvalue weighted by Crippen LogP contribution is -2.28. The summed E-state index contributed by atoms with van der Waals surface area (Å²) in [4.78, 5) is 0. The Kier molecular flexibility index (Phi) is 4.51. The van der Waals surface area contributed by atoms with Crippen LogP contribution in [0.2, 0.25) is 0 Å². The van der Waals surface area contributed by atoms with Gasteiger partial charge in [-0.3, -0.25) is 0 Å². The maximum atomic E-state index is 10.5. The van der Waals surface area contributed by atoms with Gasteiger partial charge in [0.2, 0.25) is 0 Å². The van der Waals surface area contributed by atoms with Gasteiger partial charge in [0.05, 0.1) is 12.6 Å². The summed E-state index contributed by atoms with van der Waals surface area (Å²) in [5.41, 5.74) is 3.33. The van der Waals surface area contributed by atoms with Crippen molar-refractivity contribution in [1.82, 2.24) is 4.57 Å². The number of aromatic nitrogens is 1. The quantitative estimate of drug-likeness (QED) is 0.754. The lowest BCUT2D eigenvalue weighted by atomic mass is 10.0. The lowest BCUT2D eigenvalue weighted by Gasteiger charge is -2.25. The van der Waals surface area contributed by atoms with Gasteiger partial charge in [-0.1, -0.05) is 62.4 Å². The third-order valence-corrected chi connectivity index (χ3v) is 4.39. The van der Waals surface area contributed by atoms with E-state index in [1.807, 2.05) is 42.5 Å². The second kappa shape index (κ2) is 6.57. The van der Waals surface area contributed by atoms with Crippen LogP contribution in [0.3, 0.4) is 0 Å². The third-order valence-electron chi connectivity index (χ3n) is 4.39. The van der Waals surface area contributed by atoms with Crippen LogP contribution >= 0.6 is 0 Å². The van der Waals surface area contributed by atoms with Crippen LogP contribution in [0.4, 0.5) is 0 Å². The molecule has 0 unspecified atom stereocenters. The molecule has 2 aromatic carbocycles. The number of aliphatic hydroxyl groups is 2. The van der Waals surface area contributed by atoms with Crippen molar-refractivity contribution in [2.24, 2.45) is 0 Å². The van der Waals surface area contributed by atoms with E-state index < -0.39 is 6.10 Å². The standard InChI is InChI=1S/C20H23NO2/c1-14(2)17-12-21(18-11-7-6-10-16(17)18)20(19(23)13-22)15-8-4-3-5-9-15/h3-12,14,19-20,22-23H,13H2,1-2H3/t19-,20+/m1/s1. The zero-order valence-electron chi connectivity index (χ0n) is 13.6. The van der Waals surface area contributed by atoms with Crippen LogP contribution in [-0.2, 0) is 0 Å². The minimum Gasteiger partial charge on any atom is -0.394 e. The first-order valence-electron chi connectivity index (χ1n) is 8.06. The zero-order valence-corrected chi connectivity index (χ0v) is 13.6. The fraction of sp³-hybridized carbons (Fsp3) is 0.300. The largest absolute Gasteiger partial charge is 0.394 e. The topological polar surface area (TPSA) is 45.4 Å². The predicted molar refractivity (Wildman–Crippen MR) is 93.7 cm³/mol. The molecule has 2 N–H and O–H groups in total. The van der Waals surface area contributed by atoms with Crippen LogP contribution in [0.15, 0.2) is 60.8 Å². The molecule has 2 atom stereocenters. The summed E-state index contributed by atoms with van der Waals surface area (Å²) in [6.45, 7) is 4.07. The Hall–Kier alpha value is -2.10. The van der Waals surface area contributed by atoms with E-state index in [0.29, 0.717) is 5.92 Å². The summed E-state index contributed by atoms with van der Waals surface area (Å²) in [6, 6.07) is 17.8. The van der Waals surface area contributed by atoms with E-state index in [4.69, 9.17) is 0 Å². The highest BCUT2D eigenvalue weighted by Crippen LogP contribution is 2.33. The first kappa shape index (κ1) is 15.8. The number of hydrogen-bond acceptors (Lipinski definition) is 2. The molecule has 0 aliphatic heterocycles. The monoisotopic (exact) mass is 309 g/mol. The maximum Gasteiger partial charge on any atom is 0.102 e. The molecule has 1 heterocycles. The van der Waals surface area contributed by atoms with Gasteiger partial charge in [-0.2, -0.15) is 0 Å². The molecule has 0 aliphatic rings. The van der Waals surface area contributed by atoms with Gasteiger partial charge in [0.15, 0.2) is 0 Å². The molecule has 0 radical (unpaired) electrons. The third kappa shape index (κ3) is 2.90. The molecule has 3 aromatic rings. The van der Waals surface area contributed by atoms with Gasteiger partial charge in [-0.15, -0.1) is 0 Å². The van der Waals surface area contributed by atoms with Crippen LogP contribution in [0.25, 0.3) is 10.9 Å². The van der Waals surface area contributed by atoms with Crippen molar-refractivity contribution in [2.45, 2.75) is 31.9 Å². The average molecular weight is 309 g/mol. The average Bonchev–Trinajstić information content (AvgIpc) is 2.96. The first-order chi connectivity index (χ1) is 11.1.